The number of ether oxygens (including phenoxy) is 1. The number of carbonyl (C=O) groups excluding carboxylic acids is 1. The van der Waals surface area contributed by atoms with Gasteiger partial charge in [0.25, 0.3) is 5.91 Å². The van der Waals surface area contributed by atoms with Crippen molar-refractivity contribution in [1.82, 2.24) is 5.32 Å². The Kier molecular flexibility index (Phi) is 4.96. The number of para-hydroxylation sites is 1. The van der Waals surface area contributed by atoms with E-state index >= 15 is 0 Å². The van der Waals surface area contributed by atoms with E-state index in [1.807, 2.05) is 0 Å². The molecule has 0 aliphatic rings. The number of nitrogens with one attached hydrogen (secondary N) is 1. The van der Waals surface area contributed by atoms with E-state index in [1.54, 1.807) is 30.3 Å². The van der Waals surface area contributed by atoms with E-state index in [1.165, 1.54) is 0 Å². The second kappa shape index (κ2) is 6.49. The van der Waals surface area contributed by atoms with Gasteiger partial charge in [-0.15, -0.1) is 0 Å². The molecule has 0 bridgehead atoms. The monoisotopic (exact) mass is 239 g/mol. The second-order valence-electron chi connectivity index (χ2n) is 3.24. The number of aliphatic carboxylic acids is 1. The topological polar surface area (TPSA) is 95.9 Å². The summed E-state index contributed by atoms with van der Waals surface area (Å²) in [4.78, 5) is 21.8. The molecule has 6 nitrogen and oxygen atoms in total. The first kappa shape index (κ1) is 13.0. The van der Waals surface area contributed by atoms with Crippen LogP contribution in [0.2, 0.25) is 0 Å². The molecule has 17 heavy (non-hydrogen) atoms. The molecule has 3 N–H and O–H groups in total. The summed E-state index contributed by atoms with van der Waals surface area (Å²) in [5.41, 5.74) is 0. The van der Waals surface area contributed by atoms with E-state index in [0.29, 0.717) is 5.75 Å². The highest BCUT2D eigenvalue weighted by Crippen LogP contribution is 2.07. The SMILES string of the molecule is O=C(COc1ccccc1)N[C@H](CO)C(=O)O. The lowest BCUT2D eigenvalue weighted by molar-refractivity contribution is -0.143. The van der Waals surface area contributed by atoms with Crippen molar-refractivity contribution < 1.29 is 24.5 Å². The number of carbonyl (C=O) groups is 2. The predicted octanol–water partition coefficient (Wildman–Crippen LogP) is -0.373. The second-order valence-corrected chi connectivity index (χ2v) is 3.24. The van der Waals surface area contributed by atoms with Crippen molar-refractivity contribution in [1.29, 1.82) is 0 Å². The van der Waals surface area contributed by atoms with Gasteiger partial charge >= 0.3 is 5.97 Å². The third-order valence-corrected chi connectivity index (χ3v) is 1.93. The molecule has 0 aliphatic heterocycles. The van der Waals surface area contributed by atoms with E-state index in [-0.39, 0.29) is 6.61 Å². The van der Waals surface area contributed by atoms with Gasteiger partial charge in [-0.05, 0) is 12.1 Å². The molecule has 0 heterocycles. The van der Waals surface area contributed by atoms with Crippen LogP contribution in [0.1, 0.15) is 0 Å². The molecule has 0 aromatic heterocycles. The number of carboxylic acids is 1. The van der Waals surface area contributed by atoms with E-state index in [0.717, 1.165) is 0 Å². The molecule has 0 saturated carbocycles. The first-order valence-corrected chi connectivity index (χ1v) is 4.94. The number of amides is 1. The van der Waals surface area contributed by atoms with Gasteiger partial charge in [0, 0.05) is 0 Å². The third-order valence-electron chi connectivity index (χ3n) is 1.93. The summed E-state index contributed by atoms with van der Waals surface area (Å²) >= 11 is 0. The van der Waals surface area contributed by atoms with Crippen LogP contribution in [0.3, 0.4) is 0 Å². The van der Waals surface area contributed by atoms with Crippen molar-refractivity contribution in [2.24, 2.45) is 0 Å². The van der Waals surface area contributed by atoms with Gasteiger partial charge in [0.1, 0.15) is 11.8 Å². The van der Waals surface area contributed by atoms with Crippen molar-refractivity contribution in [2.45, 2.75) is 6.04 Å². The number of benzene rings is 1. The summed E-state index contributed by atoms with van der Waals surface area (Å²) in [6.45, 7) is -0.958. The quantitative estimate of drug-likeness (QED) is 0.629. The van der Waals surface area contributed by atoms with Gasteiger partial charge in [-0.1, -0.05) is 18.2 Å². The summed E-state index contributed by atoms with van der Waals surface area (Å²) in [6.07, 6.45) is 0. The molecule has 0 unspecified atom stereocenters. The fourth-order valence-electron chi connectivity index (χ4n) is 1.09. The van der Waals surface area contributed by atoms with Crippen LogP contribution in [0.5, 0.6) is 5.75 Å². The Hall–Kier alpha value is -2.08. The van der Waals surface area contributed by atoms with Crippen molar-refractivity contribution in [2.75, 3.05) is 13.2 Å². The van der Waals surface area contributed by atoms with Gasteiger partial charge in [0.15, 0.2) is 6.61 Å². The van der Waals surface area contributed by atoms with Crippen LogP contribution in [0.15, 0.2) is 30.3 Å². The third kappa shape index (κ3) is 4.52. The molecule has 0 radical (unpaired) electrons. The summed E-state index contributed by atoms with van der Waals surface area (Å²) < 4.78 is 5.11. The zero-order valence-electron chi connectivity index (χ0n) is 9.00. The fraction of sp³-hybridized carbons (Fsp3) is 0.273. The molecule has 6 heteroatoms. The minimum atomic E-state index is -1.30. The molecule has 1 amide bonds. The van der Waals surface area contributed by atoms with E-state index in [9.17, 15) is 9.59 Å². The lowest BCUT2D eigenvalue weighted by atomic mass is 10.3. The number of hydrogen-bond acceptors (Lipinski definition) is 4. The van der Waals surface area contributed by atoms with Crippen LogP contribution in [0.4, 0.5) is 0 Å². The van der Waals surface area contributed by atoms with Crippen molar-refractivity contribution in [3.05, 3.63) is 30.3 Å². The Morgan fingerprint density at radius 3 is 2.47 bits per heavy atom. The smallest absolute Gasteiger partial charge is 0.328 e. The van der Waals surface area contributed by atoms with Crippen LogP contribution >= 0.6 is 0 Å². The lowest BCUT2D eigenvalue weighted by Crippen LogP contribution is -2.45. The molecule has 0 aliphatic carbocycles. The van der Waals surface area contributed by atoms with Gasteiger partial charge in [-0.2, -0.15) is 0 Å². The minimum absolute atomic E-state index is 0.298. The highest BCUT2D eigenvalue weighted by Gasteiger charge is 2.18. The van der Waals surface area contributed by atoms with E-state index in [4.69, 9.17) is 14.9 Å². The summed E-state index contributed by atoms with van der Waals surface area (Å²) in [5.74, 6) is -1.38. The van der Waals surface area contributed by atoms with Crippen LogP contribution in [-0.4, -0.2) is 41.3 Å². The zero-order chi connectivity index (χ0) is 12.7. The molecule has 1 aromatic rings. The maximum atomic E-state index is 11.3. The maximum Gasteiger partial charge on any atom is 0.328 e. The van der Waals surface area contributed by atoms with Crippen LogP contribution in [0.25, 0.3) is 0 Å². The Balaban J connectivity index is 2.37. The Bertz CT molecular complexity index is 379. The number of aliphatic hydroxyl groups excluding tert-OH is 1. The van der Waals surface area contributed by atoms with Gasteiger partial charge < -0.3 is 20.3 Å². The number of aliphatic hydroxyl groups is 1. The summed E-state index contributed by atoms with van der Waals surface area (Å²) in [5, 5.41) is 19.4. The first-order valence-electron chi connectivity index (χ1n) is 4.94. The average molecular weight is 239 g/mol. The molecule has 0 saturated heterocycles. The minimum Gasteiger partial charge on any atom is -0.484 e. The van der Waals surface area contributed by atoms with Crippen molar-refractivity contribution in [3.63, 3.8) is 0 Å². The first-order chi connectivity index (χ1) is 8.13. The molecule has 92 valence electrons. The van der Waals surface area contributed by atoms with E-state index < -0.39 is 24.5 Å². The van der Waals surface area contributed by atoms with Crippen LogP contribution in [0, 0.1) is 0 Å². The maximum absolute atomic E-state index is 11.3. The highest BCUT2D eigenvalue weighted by molar-refractivity contribution is 5.84. The molecular formula is C11H13NO5. The van der Waals surface area contributed by atoms with Gasteiger partial charge in [-0.3, -0.25) is 4.79 Å². The van der Waals surface area contributed by atoms with Gasteiger partial charge in [0.05, 0.1) is 6.61 Å². The van der Waals surface area contributed by atoms with Gasteiger partial charge in [-0.25, -0.2) is 4.79 Å². The van der Waals surface area contributed by atoms with Gasteiger partial charge in [0.2, 0.25) is 0 Å². The Morgan fingerprint density at radius 1 is 1.29 bits per heavy atom. The van der Waals surface area contributed by atoms with Crippen molar-refractivity contribution >= 4 is 11.9 Å². The molecule has 1 rings (SSSR count). The predicted molar refractivity (Wildman–Crippen MR) is 58.6 cm³/mol. The standard InChI is InChI=1S/C11H13NO5/c13-6-9(11(15)16)12-10(14)7-17-8-4-2-1-3-5-8/h1-5,9,13H,6-7H2,(H,12,14)(H,15,16)/t9-/m1/s1. The number of rotatable bonds is 6. The molecular weight excluding hydrogens is 226 g/mol. The largest absolute Gasteiger partial charge is 0.484 e. The molecule has 1 atom stereocenters. The lowest BCUT2D eigenvalue weighted by Gasteiger charge is -2.12. The summed E-state index contributed by atoms with van der Waals surface area (Å²) in [6, 6.07) is 7.35. The molecule has 1 aromatic carbocycles. The van der Waals surface area contributed by atoms with Crippen LogP contribution < -0.4 is 10.1 Å². The zero-order valence-corrected chi connectivity index (χ0v) is 9.00. The van der Waals surface area contributed by atoms with E-state index in [2.05, 4.69) is 5.32 Å². The number of carboxylic acid groups (broad SMARTS) is 1. The Labute approximate surface area is 97.8 Å². The summed E-state index contributed by atoms with van der Waals surface area (Å²) in [7, 11) is 0. The van der Waals surface area contributed by atoms with Crippen molar-refractivity contribution in [3.8, 4) is 5.75 Å². The Morgan fingerprint density at radius 2 is 1.94 bits per heavy atom. The average Bonchev–Trinajstić information content (AvgIpc) is 2.34. The normalized spacial score (nSPS) is 11.6. The highest BCUT2D eigenvalue weighted by atomic mass is 16.5. The fourth-order valence-corrected chi connectivity index (χ4v) is 1.09. The number of hydrogen-bond donors (Lipinski definition) is 3. The van der Waals surface area contributed by atoms with Crippen LogP contribution in [-0.2, 0) is 9.59 Å². The molecule has 0 fully saturated rings. The molecule has 0 spiro atoms.